The molecule has 0 aliphatic rings. The Balaban J connectivity index is 3.28. The van der Waals surface area contributed by atoms with Crippen LogP contribution in [0.25, 0.3) is 0 Å². The fourth-order valence-corrected chi connectivity index (χ4v) is 1.03. The summed E-state index contributed by atoms with van der Waals surface area (Å²) < 4.78 is 0.947. The molecule has 0 unspecified atom stereocenters. The smallest absolute Gasteiger partial charge is 0.0899 e. The Labute approximate surface area is 51.4 Å². The molecule has 36 valence electrons. The van der Waals surface area contributed by atoms with Crippen molar-refractivity contribution in [3.05, 3.63) is 27.4 Å². The molecule has 0 radical (unpaired) electrons. The van der Waals surface area contributed by atoms with Gasteiger partial charge in [-0.2, -0.15) is 0 Å². The minimum Gasteiger partial charge on any atom is -0.133 e. The Morgan fingerprint density at radius 3 is 2.57 bits per heavy atom. The molecule has 1 aromatic heterocycles. The predicted molar refractivity (Wildman–Crippen MR) is 35.2 cm³/mol. The highest BCUT2D eigenvalue weighted by Crippen LogP contribution is 1.96. The normalized spacial score (nSPS) is 8.57. The SMILES string of the molecule is S=c1ccccs1. The van der Waals surface area contributed by atoms with Gasteiger partial charge in [0.05, 0.1) is 3.82 Å². The van der Waals surface area contributed by atoms with Crippen LogP contribution in [0, 0.1) is 3.82 Å². The van der Waals surface area contributed by atoms with Gasteiger partial charge in [0.1, 0.15) is 0 Å². The molecule has 0 N–H and O–H groups in total. The Morgan fingerprint density at radius 2 is 2.29 bits per heavy atom. The van der Waals surface area contributed by atoms with Crippen LogP contribution in [0.5, 0.6) is 0 Å². The second-order valence-electron chi connectivity index (χ2n) is 1.12. The van der Waals surface area contributed by atoms with E-state index in [1.807, 2.05) is 23.6 Å². The van der Waals surface area contributed by atoms with Crippen molar-refractivity contribution < 1.29 is 0 Å². The standard InChI is InChI=1S/C5H4S2/c6-5-3-1-2-4-7-5/h1-4H. The maximum atomic E-state index is 4.83. The van der Waals surface area contributed by atoms with Crippen molar-refractivity contribution in [3.8, 4) is 0 Å². The van der Waals surface area contributed by atoms with Crippen LogP contribution >= 0.6 is 23.6 Å². The van der Waals surface area contributed by atoms with Crippen molar-refractivity contribution in [2.75, 3.05) is 0 Å². The largest absolute Gasteiger partial charge is 0.133 e. The monoisotopic (exact) mass is 128 g/mol. The van der Waals surface area contributed by atoms with Crippen LogP contribution < -0.4 is 0 Å². The molecule has 7 heavy (non-hydrogen) atoms. The Bertz CT molecular complexity index is 172. The van der Waals surface area contributed by atoms with Gasteiger partial charge in [0.2, 0.25) is 0 Å². The first kappa shape index (κ1) is 4.94. The molecule has 1 heterocycles. The van der Waals surface area contributed by atoms with E-state index in [0.717, 1.165) is 3.82 Å². The molecule has 0 amide bonds. The fourth-order valence-electron chi connectivity index (χ4n) is 0.325. The zero-order valence-electron chi connectivity index (χ0n) is 3.63. The lowest BCUT2D eigenvalue weighted by Gasteiger charge is -1.72. The van der Waals surface area contributed by atoms with Crippen molar-refractivity contribution in [3.63, 3.8) is 0 Å². The molecule has 1 rings (SSSR count). The first-order valence-corrected chi connectivity index (χ1v) is 3.22. The Hall–Kier alpha value is -0.210. The number of rotatable bonds is 0. The molecule has 0 aromatic carbocycles. The van der Waals surface area contributed by atoms with Crippen LogP contribution in [-0.2, 0) is 0 Å². The summed E-state index contributed by atoms with van der Waals surface area (Å²) in [7, 11) is 0. The summed E-state index contributed by atoms with van der Waals surface area (Å²) in [6.45, 7) is 0. The van der Waals surface area contributed by atoms with Crippen LogP contribution in [0.3, 0.4) is 0 Å². The van der Waals surface area contributed by atoms with E-state index in [0.29, 0.717) is 0 Å². The van der Waals surface area contributed by atoms with Gasteiger partial charge in [-0.05, 0) is 11.4 Å². The maximum Gasteiger partial charge on any atom is 0.0899 e. The van der Waals surface area contributed by atoms with Crippen molar-refractivity contribution in [2.45, 2.75) is 0 Å². The minimum atomic E-state index is 0.947. The number of hydrogen-bond acceptors (Lipinski definition) is 2. The summed E-state index contributed by atoms with van der Waals surface area (Å²) in [6.07, 6.45) is 0. The van der Waals surface area contributed by atoms with Crippen molar-refractivity contribution in [2.24, 2.45) is 0 Å². The highest BCUT2D eigenvalue weighted by Gasteiger charge is 1.67. The van der Waals surface area contributed by atoms with Crippen LogP contribution in [0.1, 0.15) is 0 Å². The third kappa shape index (κ3) is 1.37. The minimum absolute atomic E-state index is 0.947. The molecule has 0 aliphatic heterocycles. The zero-order valence-corrected chi connectivity index (χ0v) is 5.26. The molecule has 0 nitrogen and oxygen atoms in total. The topological polar surface area (TPSA) is 0 Å². The van der Waals surface area contributed by atoms with Gasteiger partial charge >= 0.3 is 0 Å². The first-order valence-electron chi connectivity index (χ1n) is 1.93. The molecular formula is C5H4S2. The molecular weight excluding hydrogens is 124 g/mol. The van der Waals surface area contributed by atoms with Gasteiger partial charge in [-0.15, -0.1) is 11.3 Å². The number of hydrogen-bond donors (Lipinski definition) is 0. The van der Waals surface area contributed by atoms with Gasteiger partial charge in [0, 0.05) is 0 Å². The van der Waals surface area contributed by atoms with Crippen molar-refractivity contribution in [1.82, 2.24) is 0 Å². The summed E-state index contributed by atoms with van der Waals surface area (Å²) in [6, 6.07) is 5.83. The van der Waals surface area contributed by atoms with Crippen LogP contribution in [0.4, 0.5) is 0 Å². The highest BCUT2D eigenvalue weighted by atomic mass is 32.1. The van der Waals surface area contributed by atoms with Gasteiger partial charge in [-0.3, -0.25) is 0 Å². The van der Waals surface area contributed by atoms with Crippen LogP contribution in [0.15, 0.2) is 23.6 Å². The van der Waals surface area contributed by atoms with Gasteiger partial charge in [-0.1, -0.05) is 24.4 Å². The van der Waals surface area contributed by atoms with E-state index >= 15 is 0 Å². The van der Waals surface area contributed by atoms with Crippen LogP contribution in [-0.4, -0.2) is 0 Å². The van der Waals surface area contributed by atoms with Crippen molar-refractivity contribution in [1.29, 1.82) is 0 Å². The fraction of sp³-hybridized carbons (Fsp3) is 0. The quantitative estimate of drug-likeness (QED) is 0.484. The molecule has 0 fully saturated rings. The second kappa shape index (κ2) is 2.19. The van der Waals surface area contributed by atoms with Crippen molar-refractivity contribution >= 4 is 23.6 Å². The molecule has 0 atom stereocenters. The zero-order chi connectivity index (χ0) is 5.11. The first-order chi connectivity index (χ1) is 3.39. The average molecular weight is 128 g/mol. The van der Waals surface area contributed by atoms with Gasteiger partial charge in [0.25, 0.3) is 0 Å². The second-order valence-corrected chi connectivity index (χ2v) is 2.77. The highest BCUT2D eigenvalue weighted by molar-refractivity contribution is 7.73. The molecule has 2 heteroatoms. The van der Waals surface area contributed by atoms with E-state index < -0.39 is 0 Å². The summed E-state index contributed by atoms with van der Waals surface area (Å²) >= 11 is 6.41. The van der Waals surface area contributed by atoms with E-state index in [4.69, 9.17) is 12.2 Å². The Morgan fingerprint density at radius 1 is 1.43 bits per heavy atom. The third-order valence-electron chi connectivity index (χ3n) is 0.606. The molecule has 0 spiro atoms. The van der Waals surface area contributed by atoms with E-state index in [1.165, 1.54) is 0 Å². The lowest BCUT2D eigenvalue weighted by Crippen LogP contribution is -1.47. The summed E-state index contributed by atoms with van der Waals surface area (Å²) in [5.41, 5.74) is 0. The van der Waals surface area contributed by atoms with Crippen LogP contribution in [0.2, 0.25) is 0 Å². The molecule has 0 bridgehead atoms. The molecule has 1 aromatic rings. The van der Waals surface area contributed by atoms with E-state index in [-0.39, 0.29) is 0 Å². The summed E-state index contributed by atoms with van der Waals surface area (Å²) in [4.78, 5) is 0. The average Bonchev–Trinajstić information content (AvgIpc) is 1.69. The summed E-state index contributed by atoms with van der Waals surface area (Å²) in [5.74, 6) is 0. The lowest BCUT2D eigenvalue weighted by atomic mass is 10.6. The van der Waals surface area contributed by atoms with E-state index in [2.05, 4.69) is 0 Å². The molecule has 0 saturated heterocycles. The van der Waals surface area contributed by atoms with E-state index in [9.17, 15) is 0 Å². The van der Waals surface area contributed by atoms with E-state index in [1.54, 1.807) is 11.3 Å². The molecule has 0 saturated carbocycles. The lowest BCUT2D eigenvalue weighted by molar-refractivity contribution is 1.86. The van der Waals surface area contributed by atoms with Gasteiger partial charge < -0.3 is 0 Å². The van der Waals surface area contributed by atoms with Gasteiger partial charge in [0.15, 0.2) is 0 Å². The molecule has 0 aliphatic carbocycles. The maximum absolute atomic E-state index is 4.83. The Kier molecular flexibility index (Phi) is 1.54. The van der Waals surface area contributed by atoms with Gasteiger partial charge in [-0.25, -0.2) is 0 Å². The predicted octanol–water partition coefficient (Wildman–Crippen LogP) is 2.48. The summed E-state index contributed by atoms with van der Waals surface area (Å²) in [5, 5.41) is 1.97. The third-order valence-corrected chi connectivity index (χ3v) is 1.69.